The lowest BCUT2D eigenvalue weighted by atomic mass is 10.0. The van der Waals surface area contributed by atoms with Gasteiger partial charge in [0.05, 0.1) is 11.9 Å². The molecule has 0 unspecified atom stereocenters. The molecule has 3 N–H and O–H groups in total. The van der Waals surface area contributed by atoms with Crippen molar-refractivity contribution < 1.29 is 27.2 Å². The molecule has 5 aromatic heterocycles. The van der Waals surface area contributed by atoms with Crippen LogP contribution in [0.4, 0.5) is 23.2 Å². The molecule has 15 heteroatoms. The molecule has 0 aromatic carbocycles. The molecular formula is C25H20F4N8O2S. The van der Waals surface area contributed by atoms with E-state index in [1.807, 2.05) is 0 Å². The lowest BCUT2D eigenvalue weighted by Crippen LogP contribution is -2.17. The number of amides is 2. The van der Waals surface area contributed by atoms with Crippen LogP contribution in [0.2, 0.25) is 0 Å². The molecular weight excluding hydrogens is 552 g/mol. The number of halogens is 4. The van der Waals surface area contributed by atoms with Gasteiger partial charge < -0.3 is 11.1 Å². The van der Waals surface area contributed by atoms with E-state index in [0.717, 1.165) is 28.7 Å². The Labute approximate surface area is 226 Å². The fraction of sp³-hybridized carbons (Fsp3) is 0.280. The number of anilines is 1. The van der Waals surface area contributed by atoms with Crippen LogP contribution in [0.3, 0.4) is 0 Å². The second-order valence-corrected chi connectivity index (χ2v) is 10.4. The van der Waals surface area contributed by atoms with Crippen LogP contribution in [0.5, 0.6) is 0 Å². The second kappa shape index (κ2) is 9.36. The number of rotatable bonds is 7. The summed E-state index contributed by atoms with van der Waals surface area (Å²) in [5.74, 6) is -1.67. The quantitative estimate of drug-likeness (QED) is 0.259. The van der Waals surface area contributed by atoms with Gasteiger partial charge >= 0.3 is 0 Å². The predicted octanol–water partition coefficient (Wildman–Crippen LogP) is 5.15. The van der Waals surface area contributed by atoms with Gasteiger partial charge in [-0.3, -0.25) is 14.3 Å². The molecule has 5 heterocycles. The molecule has 206 valence electrons. The molecule has 0 spiro atoms. The number of thiophene rings is 1. The van der Waals surface area contributed by atoms with Gasteiger partial charge in [-0.2, -0.15) is 10.2 Å². The van der Waals surface area contributed by atoms with Crippen molar-refractivity contribution in [2.45, 2.75) is 38.5 Å². The summed E-state index contributed by atoms with van der Waals surface area (Å²) in [4.78, 5) is 34.1. The van der Waals surface area contributed by atoms with E-state index in [9.17, 15) is 27.2 Å². The van der Waals surface area contributed by atoms with Gasteiger partial charge in [0.1, 0.15) is 21.1 Å². The maximum atomic E-state index is 13.8. The smallest absolute Gasteiger partial charge is 0.280 e. The number of aromatic nitrogens is 6. The number of nitrogens with zero attached hydrogens (tertiary/aromatic N) is 6. The van der Waals surface area contributed by atoms with E-state index in [4.69, 9.17) is 5.73 Å². The largest absolute Gasteiger partial charge is 0.365 e. The summed E-state index contributed by atoms with van der Waals surface area (Å²) in [5.41, 5.74) is 6.32. The number of hydrogen-bond acceptors (Lipinski definition) is 7. The maximum absolute atomic E-state index is 13.8. The average Bonchev–Trinajstić information content (AvgIpc) is 3.44. The Morgan fingerprint density at radius 3 is 2.45 bits per heavy atom. The van der Waals surface area contributed by atoms with Gasteiger partial charge in [-0.15, -0.1) is 11.3 Å². The highest BCUT2D eigenvalue weighted by Gasteiger charge is 2.30. The first-order valence-electron chi connectivity index (χ1n) is 12.1. The number of nitrogens with one attached hydrogen (secondary N) is 1. The number of fused-ring (bicyclic) bond motifs is 2. The van der Waals surface area contributed by atoms with Gasteiger partial charge in [0.15, 0.2) is 11.3 Å². The molecule has 0 aliphatic heterocycles. The van der Waals surface area contributed by atoms with Crippen LogP contribution >= 0.6 is 11.3 Å². The third kappa shape index (κ3) is 4.26. The lowest BCUT2D eigenvalue weighted by molar-refractivity contribution is 0.100. The van der Waals surface area contributed by atoms with Crippen LogP contribution in [0.1, 0.15) is 74.5 Å². The fourth-order valence-electron chi connectivity index (χ4n) is 4.55. The summed E-state index contributed by atoms with van der Waals surface area (Å²) in [7, 11) is 1.68. The highest BCUT2D eigenvalue weighted by Crippen LogP contribution is 2.43. The van der Waals surface area contributed by atoms with Crippen molar-refractivity contribution in [1.82, 2.24) is 29.4 Å². The minimum absolute atomic E-state index is 0.0471. The van der Waals surface area contributed by atoms with Gasteiger partial charge in [-0.25, -0.2) is 32.0 Å². The Bertz CT molecular complexity index is 1840. The second-order valence-electron chi connectivity index (χ2n) is 9.45. The lowest BCUT2D eigenvalue weighted by Gasteiger charge is -2.10. The molecule has 10 nitrogen and oxygen atoms in total. The minimum Gasteiger partial charge on any atom is -0.365 e. The number of hydrogen-bond donors (Lipinski definition) is 2. The number of pyridine rings is 1. The molecule has 6 rings (SSSR count). The normalized spacial score (nSPS) is 13.7. The van der Waals surface area contributed by atoms with Gasteiger partial charge in [0.2, 0.25) is 0 Å². The van der Waals surface area contributed by atoms with E-state index < -0.39 is 36.1 Å². The zero-order valence-electron chi connectivity index (χ0n) is 21.0. The van der Waals surface area contributed by atoms with Crippen LogP contribution in [-0.2, 0) is 7.05 Å². The Hall–Kier alpha value is -4.40. The fourth-order valence-corrected chi connectivity index (χ4v) is 5.56. The Kier molecular flexibility index (Phi) is 6.05. The van der Waals surface area contributed by atoms with Crippen LogP contribution in [0, 0.1) is 6.92 Å². The molecule has 0 saturated heterocycles. The van der Waals surface area contributed by atoms with Crippen molar-refractivity contribution in [2.24, 2.45) is 12.8 Å². The van der Waals surface area contributed by atoms with E-state index in [2.05, 4.69) is 25.5 Å². The van der Waals surface area contributed by atoms with Crippen LogP contribution in [-0.4, -0.2) is 41.2 Å². The molecule has 1 aliphatic carbocycles. The zero-order chi connectivity index (χ0) is 28.5. The molecule has 0 bridgehead atoms. The molecule has 0 radical (unpaired) electrons. The number of carbonyl (C=O) groups excluding carboxylic acids is 2. The van der Waals surface area contributed by atoms with Crippen molar-refractivity contribution >= 4 is 44.7 Å². The van der Waals surface area contributed by atoms with Gasteiger partial charge in [0.25, 0.3) is 24.7 Å². The van der Waals surface area contributed by atoms with Crippen molar-refractivity contribution in [2.75, 3.05) is 5.32 Å². The summed E-state index contributed by atoms with van der Waals surface area (Å²) in [6.45, 7) is 1.73. The molecule has 1 aliphatic rings. The molecule has 1 fully saturated rings. The number of alkyl halides is 4. The maximum Gasteiger partial charge on any atom is 0.280 e. The average molecular weight is 573 g/mol. The van der Waals surface area contributed by atoms with Crippen molar-refractivity contribution in [3.05, 3.63) is 57.7 Å². The van der Waals surface area contributed by atoms with Gasteiger partial charge in [-0.1, -0.05) is 0 Å². The minimum atomic E-state index is -2.91. The van der Waals surface area contributed by atoms with Crippen molar-refractivity contribution in [3.63, 3.8) is 0 Å². The van der Waals surface area contributed by atoms with Crippen LogP contribution in [0.25, 0.3) is 27.0 Å². The summed E-state index contributed by atoms with van der Waals surface area (Å²) in [5, 5.41) is 11.0. The first kappa shape index (κ1) is 25.9. The van der Waals surface area contributed by atoms with E-state index >= 15 is 0 Å². The summed E-state index contributed by atoms with van der Waals surface area (Å²) < 4.78 is 57.6. The van der Waals surface area contributed by atoms with Gasteiger partial charge in [0, 0.05) is 41.4 Å². The Balaban J connectivity index is 1.50. The monoisotopic (exact) mass is 572 g/mol. The van der Waals surface area contributed by atoms with Crippen molar-refractivity contribution in [3.8, 4) is 11.1 Å². The van der Waals surface area contributed by atoms with E-state index in [1.54, 1.807) is 18.7 Å². The predicted molar refractivity (Wildman–Crippen MR) is 138 cm³/mol. The topological polar surface area (TPSA) is 133 Å². The van der Waals surface area contributed by atoms with E-state index in [0.29, 0.717) is 17.0 Å². The standard InChI is InChI=1S/C25H20F4N8O2S/c1-9-12(8-31-36(9)2)11-5-14(21(26)27)33-25-18(11)19(20(40-25)23(30)38)34-24(39)15-7-17-32-13(10-3-4-10)6-16(22(28)29)37(17)35-15/h5-8,10,21-22H,3-4H2,1-2H3,(H2,30,38)(H,34,39). The number of nitrogens with two attached hydrogens (primary N) is 1. The van der Waals surface area contributed by atoms with E-state index in [1.165, 1.54) is 24.4 Å². The first-order valence-corrected chi connectivity index (χ1v) is 12.9. The third-order valence-electron chi connectivity index (χ3n) is 6.82. The molecule has 5 aromatic rings. The number of primary amides is 1. The molecule has 0 atom stereocenters. The SMILES string of the molecule is Cc1c(-c2cc(C(F)F)nc3sc(C(N)=O)c(NC(=O)c4cc5nc(C6CC6)cc(C(F)F)n5n4)c23)cnn1C. The molecule has 1 saturated carbocycles. The summed E-state index contributed by atoms with van der Waals surface area (Å²) in [6, 6.07) is 3.73. The van der Waals surface area contributed by atoms with Crippen molar-refractivity contribution in [1.29, 1.82) is 0 Å². The van der Waals surface area contributed by atoms with Crippen LogP contribution < -0.4 is 11.1 Å². The van der Waals surface area contributed by atoms with E-state index in [-0.39, 0.29) is 43.6 Å². The summed E-state index contributed by atoms with van der Waals surface area (Å²) in [6.07, 6.45) is -2.61. The van der Waals surface area contributed by atoms with Gasteiger partial charge in [-0.05, 0) is 37.5 Å². The third-order valence-corrected chi connectivity index (χ3v) is 7.92. The first-order chi connectivity index (χ1) is 19.0. The Morgan fingerprint density at radius 1 is 1.10 bits per heavy atom. The number of aryl methyl sites for hydroxylation is 1. The molecule has 2 amide bonds. The Morgan fingerprint density at radius 2 is 1.85 bits per heavy atom. The molecule has 40 heavy (non-hydrogen) atoms. The zero-order valence-corrected chi connectivity index (χ0v) is 21.8. The highest BCUT2D eigenvalue weighted by molar-refractivity contribution is 7.21. The highest BCUT2D eigenvalue weighted by atomic mass is 32.1. The van der Waals surface area contributed by atoms with Crippen LogP contribution in [0.15, 0.2) is 24.4 Å². The summed E-state index contributed by atoms with van der Waals surface area (Å²) >= 11 is 0.748. The number of carbonyl (C=O) groups is 2.